The van der Waals surface area contributed by atoms with Crippen molar-refractivity contribution >= 4 is 35.1 Å². The number of cyclic esters (lactones) is 1. The Morgan fingerprint density at radius 3 is 2.52 bits per heavy atom. The van der Waals surface area contributed by atoms with Crippen molar-refractivity contribution in [2.24, 2.45) is 17.8 Å². The molecule has 1 aromatic carbocycles. The van der Waals surface area contributed by atoms with Crippen molar-refractivity contribution in [2.75, 3.05) is 41.3 Å². The summed E-state index contributed by atoms with van der Waals surface area (Å²) in [6.07, 6.45) is 0.193. The number of H-pyrrole nitrogens is 1. The fourth-order valence-corrected chi connectivity index (χ4v) is 4.75. The maximum Gasteiger partial charge on any atom is 0.414 e. The van der Waals surface area contributed by atoms with Gasteiger partial charge in [0, 0.05) is 44.1 Å². The fraction of sp³-hybridized carbons (Fsp3) is 0.429. The Bertz CT molecular complexity index is 1080. The highest BCUT2D eigenvalue weighted by Crippen LogP contribution is 2.53. The van der Waals surface area contributed by atoms with E-state index in [1.165, 1.54) is 13.1 Å². The number of piperidine rings is 1. The van der Waals surface area contributed by atoms with Crippen LogP contribution in [0.5, 0.6) is 0 Å². The van der Waals surface area contributed by atoms with E-state index in [1.54, 1.807) is 11.0 Å². The van der Waals surface area contributed by atoms with Crippen LogP contribution < -0.4 is 20.4 Å². The van der Waals surface area contributed by atoms with Gasteiger partial charge in [0.05, 0.1) is 25.0 Å². The molecule has 33 heavy (non-hydrogen) atoms. The Kier molecular flexibility index (Phi) is 5.14. The molecule has 2 aromatic rings. The lowest BCUT2D eigenvalue weighted by atomic mass is 10.2. The van der Waals surface area contributed by atoms with Gasteiger partial charge >= 0.3 is 6.09 Å². The van der Waals surface area contributed by atoms with Crippen molar-refractivity contribution in [2.45, 2.75) is 13.0 Å². The number of rotatable bonds is 6. The van der Waals surface area contributed by atoms with Crippen molar-refractivity contribution in [1.82, 2.24) is 15.5 Å². The third kappa shape index (κ3) is 3.96. The van der Waals surface area contributed by atoms with E-state index in [4.69, 9.17) is 4.74 Å². The number of aromatic nitrogens is 2. The Hall–Kier alpha value is -3.70. The predicted molar refractivity (Wildman–Crippen MR) is 113 cm³/mol. The molecule has 1 aromatic heterocycles. The molecule has 0 spiro atoms. The van der Waals surface area contributed by atoms with Gasteiger partial charge in [-0.15, -0.1) is 0 Å². The zero-order valence-corrected chi connectivity index (χ0v) is 17.7. The highest BCUT2D eigenvalue weighted by molar-refractivity contribution is 5.94. The topological polar surface area (TPSA) is 120 Å². The summed E-state index contributed by atoms with van der Waals surface area (Å²) >= 11 is 0. The van der Waals surface area contributed by atoms with Crippen LogP contribution in [0.1, 0.15) is 6.92 Å². The summed E-state index contributed by atoms with van der Waals surface area (Å²) < 4.78 is 35.0. The van der Waals surface area contributed by atoms with E-state index >= 15 is 0 Å². The Morgan fingerprint density at radius 1 is 1.21 bits per heavy atom. The molecule has 1 aliphatic carbocycles. The zero-order chi connectivity index (χ0) is 23.3. The van der Waals surface area contributed by atoms with Gasteiger partial charge in [-0.1, -0.05) is 0 Å². The van der Waals surface area contributed by atoms with E-state index in [9.17, 15) is 23.2 Å². The second-order valence-corrected chi connectivity index (χ2v) is 8.53. The summed E-state index contributed by atoms with van der Waals surface area (Å²) in [6, 6.07) is 3.85. The average molecular weight is 460 g/mol. The normalized spacial score (nSPS) is 25.6. The molecule has 3 heterocycles. The van der Waals surface area contributed by atoms with Crippen LogP contribution in [0, 0.1) is 29.4 Å². The third-order valence-electron chi connectivity index (χ3n) is 6.34. The van der Waals surface area contributed by atoms with Crippen LogP contribution in [0.4, 0.5) is 30.8 Å². The first kappa shape index (κ1) is 21.2. The van der Waals surface area contributed by atoms with Crippen LogP contribution in [0.3, 0.4) is 0 Å². The number of nitrogens with one attached hydrogen (secondary N) is 3. The number of aromatic amines is 1. The van der Waals surface area contributed by atoms with Crippen molar-refractivity contribution in [3.8, 4) is 0 Å². The van der Waals surface area contributed by atoms with Crippen LogP contribution in [0.2, 0.25) is 0 Å². The van der Waals surface area contributed by atoms with Gasteiger partial charge < -0.3 is 20.3 Å². The monoisotopic (exact) mass is 460 g/mol. The molecule has 2 saturated heterocycles. The van der Waals surface area contributed by atoms with Crippen LogP contribution in [0.25, 0.3) is 0 Å². The summed E-state index contributed by atoms with van der Waals surface area (Å²) in [5, 5.41) is 11.7. The smallest absolute Gasteiger partial charge is 0.414 e. The lowest BCUT2D eigenvalue weighted by Gasteiger charge is -2.24. The number of fused-ring (bicyclic) bond motifs is 1. The minimum Gasteiger partial charge on any atom is -0.442 e. The Labute approximate surface area is 187 Å². The van der Waals surface area contributed by atoms with Crippen molar-refractivity contribution in [1.29, 1.82) is 0 Å². The van der Waals surface area contributed by atoms with Crippen molar-refractivity contribution < 1.29 is 27.9 Å². The van der Waals surface area contributed by atoms with Crippen molar-refractivity contribution in [3.05, 3.63) is 36.0 Å². The van der Waals surface area contributed by atoms with E-state index in [2.05, 4.69) is 20.8 Å². The van der Waals surface area contributed by atoms with E-state index in [-0.39, 0.29) is 54.0 Å². The van der Waals surface area contributed by atoms with Gasteiger partial charge in [-0.05, 0) is 11.8 Å². The maximum atomic E-state index is 14.9. The van der Waals surface area contributed by atoms with Crippen LogP contribution in [-0.4, -0.2) is 60.4 Å². The molecule has 0 bridgehead atoms. The lowest BCUT2D eigenvalue weighted by Crippen LogP contribution is -2.33. The van der Waals surface area contributed by atoms with Gasteiger partial charge in [-0.3, -0.25) is 19.6 Å². The third-order valence-corrected chi connectivity index (χ3v) is 6.34. The molecule has 3 N–H and O–H groups in total. The summed E-state index contributed by atoms with van der Waals surface area (Å²) in [6.45, 7) is 2.26. The van der Waals surface area contributed by atoms with Crippen molar-refractivity contribution in [3.63, 3.8) is 0 Å². The highest BCUT2D eigenvalue weighted by Gasteiger charge is 2.60. The van der Waals surface area contributed by atoms with E-state index < -0.39 is 23.8 Å². The molecule has 3 amide bonds. The molecular weight excluding hydrogens is 438 g/mol. The van der Waals surface area contributed by atoms with Crippen LogP contribution in [-0.2, 0) is 14.3 Å². The lowest BCUT2D eigenvalue weighted by molar-refractivity contribution is -0.119. The molecule has 2 aliphatic heterocycles. The molecule has 174 valence electrons. The minimum atomic E-state index is -0.789. The molecule has 1 unspecified atom stereocenters. The second-order valence-electron chi connectivity index (χ2n) is 8.53. The predicted octanol–water partition coefficient (Wildman–Crippen LogP) is 1.47. The molecule has 5 rings (SSSR count). The maximum absolute atomic E-state index is 14.9. The number of carbonyl (C=O) groups excluding carboxylic acids is 3. The summed E-state index contributed by atoms with van der Waals surface area (Å²) in [4.78, 5) is 38.3. The molecular formula is C21H22F2N6O4. The number of amides is 3. The van der Waals surface area contributed by atoms with Gasteiger partial charge in [-0.2, -0.15) is 5.10 Å². The number of halogens is 2. The van der Waals surface area contributed by atoms with E-state index in [0.29, 0.717) is 18.9 Å². The Balaban J connectivity index is 1.23. The average Bonchev–Trinajstić information content (AvgIpc) is 3.18. The summed E-state index contributed by atoms with van der Waals surface area (Å²) in [7, 11) is 0. The van der Waals surface area contributed by atoms with E-state index in [0.717, 1.165) is 17.0 Å². The quantitative estimate of drug-likeness (QED) is 0.601. The number of benzene rings is 1. The van der Waals surface area contributed by atoms with Gasteiger partial charge in [0.15, 0.2) is 11.6 Å². The SMILES string of the molecule is CC(=O)NC[C@H]1CN(c2cc(F)c(N3C[C@@H]4C(C(=O)Nc5ccn[nH]5)[C@@H]4C3)c(F)c2)C(=O)O1. The van der Waals surface area contributed by atoms with Gasteiger partial charge in [-0.25, -0.2) is 13.6 Å². The first-order chi connectivity index (χ1) is 15.8. The molecule has 4 atom stereocenters. The standard InChI is InChI=1S/C21H22F2N6O4/c1-10(30)24-6-12-7-29(21(32)33-12)11-4-15(22)19(16(23)5-11)28-8-13-14(9-28)18(13)20(31)26-17-2-3-25-27-17/h2-5,12-14,18H,6-9H2,1H3,(H,24,30)(H2,25,26,27,31)/t12-,13-,14+,18?/m0/s1. The molecule has 1 saturated carbocycles. The number of ether oxygens (including phenoxy) is 1. The highest BCUT2D eigenvalue weighted by atomic mass is 19.1. The number of hydrogen-bond donors (Lipinski definition) is 3. The van der Waals surface area contributed by atoms with Gasteiger partial charge in [0.25, 0.3) is 0 Å². The molecule has 3 aliphatic rings. The molecule has 3 fully saturated rings. The summed E-state index contributed by atoms with van der Waals surface area (Å²) in [5.74, 6) is -1.62. The first-order valence-corrected chi connectivity index (χ1v) is 10.6. The number of anilines is 3. The first-order valence-electron chi connectivity index (χ1n) is 10.6. The molecule has 12 heteroatoms. The largest absolute Gasteiger partial charge is 0.442 e. The fourth-order valence-electron chi connectivity index (χ4n) is 4.75. The molecule has 10 nitrogen and oxygen atoms in total. The zero-order valence-electron chi connectivity index (χ0n) is 17.7. The minimum absolute atomic E-state index is 0.0227. The van der Waals surface area contributed by atoms with Gasteiger partial charge in [0.1, 0.15) is 17.6 Å². The van der Waals surface area contributed by atoms with E-state index in [1.807, 2.05) is 0 Å². The Morgan fingerprint density at radius 2 is 1.91 bits per heavy atom. The number of carbonyl (C=O) groups is 3. The second kappa shape index (κ2) is 8.01. The summed E-state index contributed by atoms with van der Waals surface area (Å²) in [5.41, 5.74) is -0.119. The number of nitrogens with zero attached hydrogens (tertiary/aromatic N) is 3. The molecule has 0 radical (unpaired) electrons. The van der Waals surface area contributed by atoms with Crippen LogP contribution in [0.15, 0.2) is 24.4 Å². The van der Waals surface area contributed by atoms with Crippen LogP contribution >= 0.6 is 0 Å². The van der Waals surface area contributed by atoms with Gasteiger partial charge in [0.2, 0.25) is 11.8 Å². The number of hydrogen-bond acceptors (Lipinski definition) is 6.